The van der Waals surface area contributed by atoms with Gasteiger partial charge in [-0.2, -0.15) is 12.6 Å². The van der Waals surface area contributed by atoms with Gasteiger partial charge < -0.3 is 10.6 Å². The molecule has 0 saturated carbocycles. The molecule has 8 heteroatoms. The molecule has 0 aromatic rings. The van der Waals surface area contributed by atoms with Crippen LogP contribution in [0.15, 0.2) is 0 Å². The lowest BCUT2D eigenvalue weighted by Crippen LogP contribution is -2.46. The molecule has 0 aliphatic heterocycles. The summed E-state index contributed by atoms with van der Waals surface area (Å²) in [5.74, 6) is 5.51. The van der Waals surface area contributed by atoms with Gasteiger partial charge in [0, 0.05) is 13.0 Å². The second-order valence-electron chi connectivity index (χ2n) is 4.73. The van der Waals surface area contributed by atoms with Gasteiger partial charge in [-0.15, -0.1) is 0 Å². The zero-order chi connectivity index (χ0) is 15.9. The Morgan fingerprint density at radius 3 is 2.52 bits per heavy atom. The molecule has 0 aromatic heterocycles. The number of carbonyl (C=O) groups excluding carboxylic acids is 3. The van der Waals surface area contributed by atoms with Crippen molar-refractivity contribution in [1.82, 2.24) is 16.1 Å². The molecule has 21 heavy (non-hydrogen) atoms. The number of hydrogen-bond donors (Lipinski definition) is 5. The molecule has 0 bridgehead atoms. The van der Waals surface area contributed by atoms with E-state index in [1.54, 1.807) is 0 Å². The van der Waals surface area contributed by atoms with Crippen molar-refractivity contribution in [2.75, 3.05) is 12.3 Å². The van der Waals surface area contributed by atoms with Gasteiger partial charge in [0.05, 0.1) is 0 Å². The second-order valence-corrected chi connectivity index (χ2v) is 5.17. The van der Waals surface area contributed by atoms with E-state index >= 15 is 0 Å². The van der Waals surface area contributed by atoms with Crippen LogP contribution in [0.1, 0.15) is 44.9 Å². The summed E-state index contributed by atoms with van der Waals surface area (Å²) in [6.07, 6.45) is 5.89. The Hall–Kier alpha value is -1.28. The van der Waals surface area contributed by atoms with Crippen LogP contribution in [0.2, 0.25) is 0 Å². The molecule has 0 heterocycles. The molecule has 7 nitrogen and oxygen atoms in total. The smallest absolute Gasteiger partial charge is 0.256 e. The van der Waals surface area contributed by atoms with E-state index in [-0.39, 0.29) is 5.91 Å². The van der Waals surface area contributed by atoms with Gasteiger partial charge in [0.2, 0.25) is 12.3 Å². The van der Waals surface area contributed by atoms with Gasteiger partial charge in [0.1, 0.15) is 6.04 Å². The van der Waals surface area contributed by atoms with Crippen molar-refractivity contribution in [3.63, 3.8) is 0 Å². The summed E-state index contributed by atoms with van der Waals surface area (Å²) in [5, 5.41) is 5.24. The number of amides is 3. The number of hydrazine groups is 1. The average molecular weight is 318 g/mol. The van der Waals surface area contributed by atoms with Gasteiger partial charge in [-0.3, -0.25) is 19.8 Å². The Morgan fingerprint density at radius 2 is 1.90 bits per heavy atom. The van der Waals surface area contributed by atoms with Gasteiger partial charge in [0.25, 0.3) is 5.91 Å². The molecule has 0 radical (unpaired) electrons. The van der Waals surface area contributed by atoms with Gasteiger partial charge in [-0.05, 0) is 37.9 Å². The maximum Gasteiger partial charge on any atom is 0.256 e. The zero-order valence-electron chi connectivity index (χ0n) is 12.3. The highest BCUT2D eigenvalue weighted by Crippen LogP contribution is 2.02. The maximum atomic E-state index is 11.5. The van der Waals surface area contributed by atoms with Crippen molar-refractivity contribution in [3.05, 3.63) is 0 Å². The summed E-state index contributed by atoms with van der Waals surface area (Å²) >= 11 is 4.11. The number of hydrogen-bond acceptors (Lipinski definition) is 5. The Kier molecular flexibility index (Phi) is 12.9. The fraction of sp³-hybridized carbons (Fsp3) is 0.769. The molecule has 0 spiro atoms. The predicted molar refractivity (Wildman–Crippen MR) is 84.5 cm³/mol. The first kappa shape index (κ1) is 19.7. The Balaban J connectivity index is 3.62. The van der Waals surface area contributed by atoms with E-state index in [9.17, 15) is 14.4 Å². The first-order valence-corrected chi connectivity index (χ1v) is 7.86. The largest absolute Gasteiger partial charge is 0.356 e. The van der Waals surface area contributed by atoms with Crippen LogP contribution in [0.5, 0.6) is 0 Å². The highest BCUT2D eigenvalue weighted by atomic mass is 32.1. The minimum atomic E-state index is -0.621. The van der Waals surface area contributed by atoms with Crippen LogP contribution >= 0.6 is 12.6 Å². The summed E-state index contributed by atoms with van der Waals surface area (Å²) in [6.45, 7) is 0.573. The average Bonchev–Trinajstić information content (AvgIpc) is 2.49. The SMILES string of the molecule is NNC(=O)C(CCCCNC(=O)CCCCCS)NC=O. The highest BCUT2D eigenvalue weighted by Gasteiger charge is 2.15. The minimum Gasteiger partial charge on any atom is -0.356 e. The van der Waals surface area contributed by atoms with Crippen LogP contribution in [0, 0.1) is 0 Å². The van der Waals surface area contributed by atoms with Crippen molar-refractivity contribution in [1.29, 1.82) is 0 Å². The molecule has 0 saturated heterocycles. The Morgan fingerprint density at radius 1 is 1.14 bits per heavy atom. The van der Waals surface area contributed by atoms with E-state index < -0.39 is 11.9 Å². The molecule has 5 N–H and O–H groups in total. The molecule has 0 fully saturated rings. The lowest BCUT2D eigenvalue weighted by Gasteiger charge is -2.13. The summed E-state index contributed by atoms with van der Waals surface area (Å²) in [7, 11) is 0. The molecule has 0 aliphatic carbocycles. The zero-order valence-corrected chi connectivity index (χ0v) is 13.2. The van der Waals surface area contributed by atoms with Crippen LogP contribution in [0.4, 0.5) is 0 Å². The Labute approximate surface area is 131 Å². The topological polar surface area (TPSA) is 113 Å². The first-order chi connectivity index (χ1) is 10.2. The fourth-order valence-corrected chi connectivity index (χ4v) is 2.06. The number of carbonyl (C=O) groups is 3. The predicted octanol–water partition coefficient (Wildman–Crippen LogP) is -0.132. The van der Waals surface area contributed by atoms with E-state index in [1.165, 1.54) is 0 Å². The number of nitrogens with one attached hydrogen (secondary N) is 3. The molecule has 1 unspecified atom stereocenters. The van der Waals surface area contributed by atoms with Crippen molar-refractivity contribution in [2.45, 2.75) is 51.0 Å². The van der Waals surface area contributed by atoms with Crippen molar-refractivity contribution in [2.24, 2.45) is 5.84 Å². The van der Waals surface area contributed by atoms with Gasteiger partial charge in [0.15, 0.2) is 0 Å². The quantitative estimate of drug-likeness (QED) is 0.0812. The maximum absolute atomic E-state index is 11.5. The van der Waals surface area contributed by atoms with Crippen LogP contribution in [-0.4, -0.2) is 36.6 Å². The molecule has 1 atom stereocenters. The fourth-order valence-electron chi connectivity index (χ4n) is 1.84. The van der Waals surface area contributed by atoms with Crippen LogP contribution in [0.3, 0.4) is 0 Å². The molecule has 122 valence electrons. The van der Waals surface area contributed by atoms with Crippen LogP contribution in [0.25, 0.3) is 0 Å². The van der Waals surface area contributed by atoms with E-state index in [1.807, 2.05) is 5.43 Å². The summed E-state index contributed by atoms with van der Waals surface area (Å²) in [5.41, 5.74) is 2.01. The third kappa shape index (κ3) is 11.1. The standard InChI is InChI=1S/C13H26N4O3S/c14-17-13(20)11(16-10-18)6-3-4-8-15-12(19)7-2-1-5-9-21/h10-11,21H,1-9,14H2,(H,15,19)(H,16,18)(H,17,20). The lowest BCUT2D eigenvalue weighted by molar-refractivity contribution is -0.125. The number of thiol groups is 1. The molecule has 0 aromatic carbocycles. The Bertz CT molecular complexity index is 316. The second kappa shape index (κ2) is 13.7. The highest BCUT2D eigenvalue weighted by molar-refractivity contribution is 7.80. The van der Waals surface area contributed by atoms with E-state index in [4.69, 9.17) is 5.84 Å². The van der Waals surface area contributed by atoms with Crippen molar-refractivity contribution in [3.8, 4) is 0 Å². The molecule has 3 amide bonds. The van der Waals surface area contributed by atoms with E-state index in [0.717, 1.165) is 31.4 Å². The number of nitrogens with two attached hydrogens (primary N) is 1. The van der Waals surface area contributed by atoms with E-state index in [0.29, 0.717) is 32.2 Å². The molecule has 0 rings (SSSR count). The summed E-state index contributed by atoms with van der Waals surface area (Å²) < 4.78 is 0. The molecular formula is C13H26N4O3S. The normalized spacial score (nSPS) is 11.5. The molecular weight excluding hydrogens is 292 g/mol. The molecule has 0 aliphatic rings. The van der Waals surface area contributed by atoms with Crippen LogP contribution in [-0.2, 0) is 14.4 Å². The van der Waals surface area contributed by atoms with Gasteiger partial charge in [-0.25, -0.2) is 5.84 Å². The van der Waals surface area contributed by atoms with Gasteiger partial charge in [-0.1, -0.05) is 6.42 Å². The summed E-state index contributed by atoms with van der Waals surface area (Å²) in [6, 6.07) is -0.621. The van der Waals surface area contributed by atoms with Crippen molar-refractivity contribution < 1.29 is 14.4 Å². The number of rotatable bonds is 13. The van der Waals surface area contributed by atoms with Crippen LogP contribution < -0.4 is 21.9 Å². The third-order valence-electron chi connectivity index (χ3n) is 3.03. The lowest BCUT2D eigenvalue weighted by atomic mass is 10.1. The number of unbranched alkanes of at least 4 members (excludes halogenated alkanes) is 3. The summed E-state index contributed by atoms with van der Waals surface area (Å²) in [4.78, 5) is 33.2. The first-order valence-electron chi connectivity index (χ1n) is 7.23. The van der Waals surface area contributed by atoms with Gasteiger partial charge >= 0.3 is 0 Å². The minimum absolute atomic E-state index is 0.0523. The third-order valence-corrected chi connectivity index (χ3v) is 3.35. The van der Waals surface area contributed by atoms with E-state index in [2.05, 4.69) is 23.3 Å². The monoisotopic (exact) mass is 318 g/mol. The van der Waals surface area contributed by atoms with Crippen molar-refractivity contribution >= 4 is 30.9 Å².